The normalized spacial score (nSPS) is 11.3. The van der Waals surface area contributed by atoms with E-state index in [-0.39, 0.29) is 0 Å². The molecule has 1 aromatic carbocycles. The van der Waals surface area contributed by atoms with E-state index in [0.29, 0.717) is 17.6 Å². The fourth-order valence-corrected chi connectivity index (χ4v) is 3.85. The van der Waals surface area contributed by atoms with Crippen molar-refractivity contribution in [1.29, 1.82) is 0 Å². The van der Waals surface area contributed by atoms with Crippen LogP contribution < -0.4 is 5.32 Å². The summed E-state index contributed by atoms with van der Waals surface area (Å²) in [6, 6.07) is 18.5. The average molecular weight is 450 g/mol. The first-order chi connectivity index (χ1) is 16.6. The number of benzene rings is 1. The Morgan fingerprint density at radius 1 is 0.882 bits per heavy atom. The van der Waals surface area contributed by atoms with E-state index in [9.17, 15) is 0 Å². The van der Waals surface area contributed by atoms with Gasteiger partial charge in [-0.3, -0.25) is 9.67 Å². The molecule has 34 heavy (non-hydrogen) atoms. The maximum absolute atomic E-state index is 4.75. The predicted octanol–water partition coefficient (Wildman–Crippen LogP) is 5.78. The van der Waals surface area contributed by atoms with Gasteiger partial charge in [0.15, 0.2) is 5.82 Å². The second-order valence-corrected chi connectivity index (χ2v) is 8.69. The summed E-state index contributed by atoms with van der Waals surface area (Å²) in [6.45, 7) is 5.14. The molecule has 170 valence electrons. The second kappa shape index (κ2) is 9.79. The maximum Gasteiger partial charge on any atom is 0.154 e. The zero-order valence-corrected chi connectivity index (χ0v) is 19.4. The summed E-state index contributed by atoms with van der Waals surface area (Å²) >= 11 is 0. The zero-order chi connectivity index (χ0) is 23.3. The van der Waals surface area contributed by atoms with Gasteiger partial charge in [0.05, 0.1) is 23.4 Å². The lowest BCUT2D eigenvalue weighted by Gasteiger charge is -2.09. The van der Waals surface area contributed by atoms with Crippen molar-refractivity contribution >= 4 is 22.7 Å². The molecule has 0 fully saturated rings. The highest BCUT2D eigenvalue weighted by Crippen LogP contribution is 2.24. The molecular formula is C27H27N7. The van der Waals surface area contributed by atoms with Crippen molar-refractivity contribution in [2.45, 2.75) is 39.2 Å². The molecule has 0 aliphatic rings. The molecule has 0 radical (unpaired) electrons. The van der Waals surface area contributed by atoms with Crippen LogP contribution in [0.1, 0.15) is 37.3 Å². The molecule has 4 aromatic heterocycles. The third kappa shape index (κ3) is 5.09. The van der Waals surface area contributed by atoms with Crippen molar-refractivity contribution in [3.05, 3.63) is 90.5 Å². The van der Waals surface area contributed by atoms with Gasteiger partial charge in [0.2, 0.25) is 0 Å². The van der Waals surface area contributed by atoms with Crippen molar-refractivity contribution in [3.63, 3.8) is 0 Å². The van der Waals surface area contributed by atoms with E-state index < -0.39 is 0 Å². The minimum atomic E-state index is 0.381. The molecule has 5 rings (SSSR count). The number of aryl methyl sites for hydroxylation is 2. The second-order valence-electron chi connectivity index (χ2n) is 8.69. The third-order valence-corrected chi connectivity index (χ3v) is 5.80. The van der Waals surface area contributed by atoms with Crippen molar-refractivity contribution in [2.75, 3.05) is 5.32 Å². The summed E-state index contributed by atoms with van der Waals surface area (Å²) in [6.07, 6.45) is 9.71. The number of hydrogen-bond donors (Lipinski definition) is 1. The van der Waals surface area contributed by atoms with Gasteiger partial charge in [0.25, 0.3) is 0 Å². The van der Waals surface area contributed by atoms with Crippen molar-refractivity contribution in [3.8, 4) is 11.1 Å². The lowest BCUT2D eigenvalue weighted by atomic mass is 10.1. The predicted molar refractivity (Wildman–Crippen MR) is 135 cm³/mol. The van der Waals surface area contributed by atoms with Crippen LogP contribution in [0.2, 0.25) is 0 Å². The monoisotopic (exact) mass is 449 g/mol. The van der Waals surface area contributed by atoms with Crippen LogP contribution in [-0.2, 0) is 13.0 Å². The third-order valence-electron chi connectivity index (χ3n) is 5.80. The number of fused-ring (bicyclic) bond motifs is 1. The number of pyridine rings is 2. The van der Waals surface area contributed by atoms with E-state index in [1.807, 2.05) is 41.3 Å². The minimum absolute atomic E-state index is 0.381. The Kier molecular flexibility index (Phi) is 6.25. The molecule has 7 heteroatoms. The largest absolute Gasteiger partial charge is 0.323 e. The fourth-order valence-electron chi connectivity index (χ4n) is 3.85. The minimum Gasteiger partial charge on any atom is -0.323 e. The summed E-state index contributed by atoms with van der Waals surface area (Å²) in [7, 11) is 0. The standard InChI is InChI=1S/C27H27N7/c1-19(2)21-14-27(33-29-16-21)32-26-11-10-24-25(31-26)13-22(15-28-24)23-17-30-34(18-23)12-6-9-20-7-4-3-5-8-20/h3-5,7-8,10-11,13-19H,6,9,12H2,1-2H3,(H,31,32,33). The Balaban J connectivity index is 1.30. The lowest BCUT2D eigenvalue weighted by Crippen LogP contribution is -2.00. The van der Waals surface area contributed by atoms with Gasteiger partial charge in [-0.25, -0.2) is 4.98 Å². The van der Waals surface area contributed by atoms with Crippen LogP contribution in [0.15, 0.2) is 79.4 Å². The van der Waals surface area contributed by atoms with Gasteiger partial charge < -0.3 is 5.32 Å². The number of nitrogens with one attached hydrogen (secondary N) is 1. The SMILES string of the molecule is CC(C)c1cnnc(Nc2ccc3ncc(-c4cnn(CCCc5ccccc5)c4)cc3n2)c1. The van der Waals surface area contributed by atoms with Gasteiger partial charge in [0.1, 0.15) is 5.82 Å². The van der Waals surface area contributed by atoms with Crippen LogP contribution in [0.4, 0.5) is 11.6 Å². The topological polar surface area (TPSA) is 81.4 Å². The molecule has 4 heterocycles. The first kappa shape index (κ1) is 21.7. The molecule has 1 N–H and O–H groups in total. The number of aromatic nitrogens is 6. The van der Waals surface area contributed by atoms with Crippen LogP contribution in [0.3, 0.4) is 0 Å². The molecule has 5 aromatic rings. The van der Waals surface area contributed by atoms with Crippen molar-refractivity contribution in [1.82, 2.24) is 29.9 Å². The number of nitrogens with zero attached hydrogens (tertiary/aromatic N) is 6. The molecule has 0 amide bonds. The molecule has 0 spiro atoms. The fraction of sp³-hybridized carbons (Fsp3) is 0.222. The first-order valence-corrected chi connectivity index (χ1v) is 11.6. The Hall–Kier alpha value is -4.13. The van der Waals surface area contributed by atoms with Crippen LogP contribution in [-0.4, -0.2) is 29.9 Å². The zero-order valence-electron chi connectivity index (χ0n) is 19.4. The summed E-state index contributed by atoms with van der Waals surface area (Å²) in [4.78, 5) is 9.35. The highest BCUT2D eigenvalue weighted by atomic mass is 15.3. The highest BCUT2D eigenvalue weighted by Gasteiger charge is 2.08. The van der Waals surface area contributed by atoms with Gasteiger partial charge in [-0.1, -0.05) is 44.2 Å². The van der Waals surface area contributed by atoms with Gasteiger partial charge in [0, 0.05) is 30.1 Å². The summed E-state index contributed by atoms with van der Waals surface area (Å²) < 4.78 is 1.99. The first-order valence-electron chi connectivity index (χ1n) is 11.6. The molecular weight excluding hydrogens is 422 g/mol. The quantitative estimate of drug-likeness (QED) is 0.323. The van der Waals surface area contributed by atoms with Crippen LogP contribution in [0.5, 0.6) is 0 Å². The molecule has 7 nitrogen and oxygen atoms in total. The summed E-state index contributed by atoms with van der Waals surface area (Å²) in [5, 5.41) is 16.1. The van der Waals surface area contributed by atoms with Crippen LogP contribution in [0.25, 0.3) is 22.2 Å². The average Bonchev–Trinajstić information content (AvgIpc) is 3.33. The molecule has 0 aliphatic carbocycles. The molecule has 0 aliphatic heterocycles. The van der Waals surface area contributed by atoms with Gasteiger partial charge in [-0.15, -0.1) is 5.10 Å². The smallest absolute Gasteiger partial charge is 0.154 e. The molecule has 0 saturated heterocycles. The van der Waals surface area contributed by atoms with Gasteiger partial charge in [-0.05, 0) is 54.2 Å². The van der Waals surface area contributed by atoms with Crippen LogP contribution in [0, 0.1) is 0 Å². The van der Waals surface area contributed by atoms with E-state index in [4.69, 9.17) is 4.98 Å². The van der Waals surface area contributed by atoms with E-state index in [1.54, 1.807) is 6.20 Å². The highest BCUT2D eigenvalue weighted by molar-refractivity contribution is 5.81. The van der Waals surface area contributed by atoms with Crippen molar-refractivity contribution < 1.29 is 0 Å². The van der Waals surface area contributed by atoms with Gasteiger partial charge >= 0.3 is 0 Å². The Labute approximate surface area is 198 Å². The summed E-state index contributed by atoms with van der Waals surface area (Å²) in [5.41, 5.74) is 6.16. The molecule has 0 atom stereocenters. The Bertz CT molecular complexity index is 1390. The Morgan fingerprint density at radius 2 is 1.76 bits per heavy atom. The lowest BCUT2D eigenvalue weighted by molar-refractivity contribution is 0.579. The number of rotatable bonds is 8. The number of hydrogen-bond acceptors (Lipinski definition) is 6. The van der Waals surface area contributed by atoms with E-state index in [1.165, 1.54) is 5.56 Å². The number of anilines is 2. The molecule has 0 unspecified atom stereocenters. The maximum atomic E-state index is 4.75. The van der Waals surface area contributed by atoms with E-state index in [2.05, 4.69) is 76.0 Å². The van der Waals surface area contributed by atoms with E-state index >= 15 is 0 Å². The molecule has 0 bridgehead atoms. The Morgan fingerprint density at radius 3 is 2.62 bits per heavy atom. The molecule has 0 saturated carbocycles. The summed E-state index contributed by atoms with van der Waals surface area (Å²) in [5.74, 6) is 1.77. The van der Waals surface area contributed by atoms with Gasteiger partial charge in [-0.2, -0.15) is 10.2 Å². The van der Waals surface area contributed by atoms with Crippen molar-refractivity contribution in [2.24, 2.45) is 0 Å². The van der Waals surface area contributed by atoms with Crippen LogP contribution >= 0.6 is 0 Å². The van der Waals surface area contributed by atoms with E-state index in [0.717, 1.165) is 47.1 Å².